The minimum absolute atomic E-state index is 0.0306. The van der Waals surface area contributed by atoms with E-state index in [0.717, 1.165) is 10.9 Å². The van der Waals surface area contributed by atoms with Crippen LogP contribution in [0.1, 0.15) is 16.1 Å². The molecule has 1 aromatic heterocycles. The van der Waals surface area contributed by atoms with Crippen LogP contribution >= 0.6 is 11.8 Å². The van der Waals surface area contributed by atoms with E-state index in [1.165, 1.54) is 11.8 Å². The second-order valence-electron chi connectivity index (χ2n) is 3.27. The molecule has 0 aliphatic carbocycles. The van der Waals surface area contributed by atoms with Crippen LogP contribution in [0.15, 0.2) is 27.5 Å². The lowest BCUT2D eigenvalue weighted by molar-refractivity contribution is 0.0660. The molecule has 78 valence electrons. The molecule has 4 heteroatoms. The van der Waals surface area contributed by atoms with E-state index >= 15 is 0 Å². The van der Waals surface area contributed by atoms with Gasteiger partial charge in [0.15, 0.2) is 0 Å². The Labute approximate surface area is 91.1 Å². The first-order valence-electron chi connectivity index (χ1n) is 4.44. The summed E-state index contributed by atoms with van der Waals surface area (Å²) in [5.41, 5.74) is 1.72. The molecule has 0 aliphatic heterocycles. The lowest BCUT2D eigenvalue weighted by Gasteiger charge is -1.94. The number of furan rings is 1. The summed E-state index contributed by atoms with van der Waals surface area (Å²) in [7, 11) is 0. The SMILES string of the molecule is CSc1c(C(=O)O)oc2ccc(C)cc12. The molecular weight excluding hydrogens is 212 g/mol. The molecule has 0 fully saturated rings. The first-order valence-corrected chi connectivity index (χ1v) is 5.66. The van der Waals surface area contributed by atoms with Crippen LogP contribution in [0.2, 0.25) is 0 Å². The summed E-state index contributed by atoms with van der Waals surface area (Å²) in [6.07, 6.45) is 1.85. The number of hydrogen-bond acceptors (Lipinski definition) is 3. The molecule has 0 unspecified atom stereocenters. The number of carbonyl (C=O) groups is 1. The van der Waals surface area contributed by atoms with E-state index in [-0.39, 0.29) is 5.76 Å². The summed E-state index contributed by atoms with van der Waals surface area (Å²) < 4.78 is 5.29. The third kappa shape index (κ3) is 1.61. The molecule has 1 N–H and O–H groups in total. The van der Waals surface area contributed by atoms with E-state index in [0.29, 0.717) is 10.5 Å². The minimum atomic E-state index is -1.02. The van der Waals surface area contributed by atoms with Crippen molar-refractivity contribution in [1.82, 2.24) is 0 Å². The predicted octanol–water partition coefficient (Wildman–Crippen LogP) is 3.16. The van der Waals surface area contributed by atoms with E-state index < -0.39 is 5.97 Å². The maximum absolute atomic E-state index is 10.9. The summed E-state index contributed by atoms with van der Waals surface area (Å²) in [6.45, 7) is 1.97. The quantitative estimate of drug-likeness (QED) is 0.793. The predicted molar refractivity (Wildman–Crippen MR) is 59.7 cm³/mol. The van der Waals surface area contributed by atoms with E-state index in [1.807, 2.05) is 25.3 Å². The number of rotatable bonds is 2. The van der Waals surface area contributed by atoms with Crippen LogP contribution in [0.3, 0.4) is 0 Å². The molecule has 0 saturated heterocycles. The summed E-state index contributed by atoms with van der Waals surface area (Å²) >= 11 is 1.39. The Hall–Kier alpha value is -1.42. The summed E-state index contributed by atoms with van der Waals surface area (Å²) in [6, 6.07) is 5.65. The van der Waals surface area contributed by atoms with Gasteiger partial charge in [-0.1, -0.05) is 11.6 Å². The smallest absolute Gasteiger partial charge is 0.373 e. The van der Waals surface area contributed by atoms with Gasteiger partial charge in [0.25, 0.3) is 0 Å². The average molecular weight is 222 g/mol. The zero-order valence-corrected chi connectivity index (χ0v) is 9.22. The number of aryl methyl sites for hydroxylation is 1. The fourth-order valence-corrected chi connectivity index (χ4v) is 2.23. The fourth-order valence-electron chi connectivity index (χ4n) is 1.53. The van der Waals surface area contributed by atoms with Gasteiger partial charge in [0.05, 0.1) is 4.90 Å². The normalized spacial score (nSPS) is 10.8. The molecule has 0 amide bonds. The molecule has 0 spiro atoms. The van der Waals surface area contributed by atoms with Crippen LogP contribution in [0, 0.1) is 6.92 Å². The highest BCUT2D eigenvalue weighted by molar-refractivity contribution is 7.98. The Morgan fingerprint density at radius 1 is 1.47 bits per heavy atom. The molecule has 15 heavy (non-hydrogen) atoms. The molecule has 0 radical (unpaired) electrons. The fraction of sp³-hybridized carbons (Fsp3) is 0.182. The Kier molecular flexibility index (Phi) is 2.44. The molecule has 3 nitrogen and oxygen atoms in total. The second kappa shape index (κ2) is 3.62. The maximum Gasteiger partial charge on any atom is 0.373 e. The van der Waals surface area contributed by atoms with Crippen LogP contribution in [0.4, 0.5) is 0 Å². The molecule has 2 rings (SSSR count). The highest BCUT2D eigenvalue weighted by atomic mass is 32.2. The van der Waals surface area contributed by atoms with Crippen molar-refractivity contribution in [2.45, 2.75) is 11.8 Å². The van der Waals surface area contributed by atoms with Gasteiger partial charge in [0.2, 0.25) is 5.76 Å². The number of carboxylic acid groups (broad SMARTS) is 1. The number of hydrogen-bond donors (Lipinski definition) is 1. The molecule has 0 aliphatic rings. The van der Waals surface area contributed by atoms with E-state index in [4.69, 9.17) is 9.52 Å². The van der Waals surface area contributed by atoms with Gasteiger partial charge in [-0.3, -0.25) is 0 Å². The van der Waals surface area contributed by atoms with Crippen molar-refractivity contribution in [3.63, 3.8) is 0 Å². The Morgan fingerprint density at radius 2 is 2.20 bits per heavy atom. The largest absolute Gasteiger partial charge is 0.475 e. The highest BCUT2D eigenvalue weighted by Gasteiger charge is 2.18. The van der Waals surface area contributed by atoms with Gasteiger partial charge in [-0.15, -0.1) is 11.8 Å². The van der Waals surface area contributed by atoms with Crippen molar-refractivity contribution >= 4 is 28.7 Å². The standard InChI is InChI=1S/C11H10O3S/c1-6-3-4-8-7(5-6)10(15-2)9(14-8)11(12)13/h3-5H,1-2H3,(H,12,13). The summed E-state index contributed by atoms with van der Waals surface area (Å²) in [5, 5.41) is 9.83. The van der Waals surface area contributed by atoms with Crippen molar-refractivity contribution in [1.29, 1.82) is 0 Å². The number of fused-ring (bicyclic) bond motifs is 1. The molecular formula is C11H10O3S. The molecule has 0 bridgehead atoms. The Morgan fingerprint density at radius 3 is 2.80 bits per heavy atom. The monoisotopic (exact) mass is 222 g/mol. The highest BCUT2D eigenvalue weighted by Crippen LogP contribution is 2.33. The van der Waals surface area contributed by atoms with Gasteiger partial charge in [-0.2, -0.15) is 0 Å². The zero-order valence-electron chi connectivity index (χ0n) is 8.40. The van der Waals surface area contributed by atoms with Gasteiger partial charge in [0.1, 0.15) is 5.58 Å². The van der Waals surface area contributed by atoms with E-state index in [1.54, 1.807) is 6.07 Å². The van der Waals surface area contributed by atoms with Crippen LogP contribution in [0.25, 0.3) is 11.0 Å². The third-order valence-corrected chi connectivity index (χ3v) is 3.01. The van der Waals surface area contributed by atoms with Crippen molar-refractivity contribution in [2.75, 3.05) is 6.26 Å². The van der Waals surface area contributed by atoms with Crippen LogP contribution in [0.5, 0.6) is 0 Å². The topological polar surface area (TPSA) is 50.4 Å². The average Bonchev–Trinajstić information content (AvgIpc) is 2.55. The van der Waals surface area contributed by atoms with Gasteiger partial charge < -0.3 is 9.52 Å². The van der Waals surface area contributed by atoms with Gasteiger partial charge in [-0.25, -0.2) is 4.79 Å². The molecule has 0 atom stereocenters. The minimum Gasteiger partial charge on any atom is -0.475 e. The zero-order chi connectivity index (χ0) is 11.0. The second-order valence-corrected chi connectivity index (χ2v) is 4.09. The molecule has 2 aromatic rings. The number of aromatic carboxylic acids is 1. The first kappa shape index (κ1) is 10.1. The Bertz CT molecular complexity index is 528. The lowest BCUT2D eigenvalue weighted by atomic mass is 10.2. The number of thioether (sulfide) groups is 1. The Balaban J connectivity index is 2.79. The number of benzene rings is 1. The van der Waals surface area contributed by atoms with Crippen LogP contribution in [-0.4, -0.2) is 17.3 Å². The summed E-state index contributed by atoms with van der Waals surface area (Å²) in [4.78, 5) is 11.6. The maximum atomic E-state index is 10.9. The molecule has 1 aromatic carbocycles. The molecule has 1 heterocycles. The summed E-state index contributed by atoms with van der Waals surface area (Å²) in [5.74, 6) is -0.990. The molecule has 0 saturated carbocycles. The van der Waals surface area contributed by atoms with Crippen LogP contribution in [-0.2, 0) is 0 Å². The third-order valence-electron chi connectivity index (χ3n) is 2.20. The van der Waals surface area contributed by atoms with Gasteiger partial charge in [0, 0.05) is 5.39 Å². The van der Waals surface area contributed by atoms with Crippen molar-refractivity contribution < 1.29 is 14.3 Å². The van der Waals surface area contributed by atoms with E-state index in [9.17, 15) is 4.79 Å². The van der Waals surface area contributed by atoms with Crippen molar-refractivity contribution in [2.24, 2.45) is 0 Å². The van der Waals surface area contributed by atoms with Crippen LogP contribution < -0.4 is 0 Å². The number of carboxylic acids is 1. The van der Waals surface area contributed by atoms with E-state index in [2.05, 4.69) is 0 Å². The first-order chi connectivity index (χ1) is 7.13. The van der Waals surface area contributed by atoms with Gasteiger partial charge >= 0.3 is 5.97 Å². The van der Waals surface area contributed by atoms with Crippen molar-refractivity contribution in [3.05, 3.63) is 29.5 Å². The lowest BCUT2D eigenvalue weighted by Crippen LogP contribution is -1.94. The van der Waals surface area contributed by atoms with Gasteiger partial charge in [-0.05, 0) is 25.3 Å². The van der Waals surface area contributed by atoms with Crippen molar-refractivity contribution in [3.8, 4) is 0 Å².